The number of carbonyl (C=O) groups excluding carboxylic acids is 1. The fraction of sp³-hybridized carbons (Fsp3) is 0.300. The number of methoxy groups -OCH3 is 1. The van der Waals surface area contributed by atoms with Crippen LogP contribution in [0, 0.1) is 0 Å². The highest BCUT2D eigenvalue weighted by Crippen LogP contribution is 2.18. The van der Waals surface area contributed by atoms with Crippen LogP contribution in [0.4, 0.5) is 5.69 Å². The van der Waals surface area contributed by atoms with E-state index in [0.29, 0.717) is 18.7 Å². The smallest absolute Gasteiger partial charge is 0.241 e. The van der Waals surface area contributed by atoms with Gasteiger partial charge in [-0.25, -0.2) is 5.43 Å². The van der Waals surface area contributed by atoms with Crippen LogP contribution in [0.5, 0.6) is 5.75 Å². The van der Waals surface area contributed by atoms with Gasteiger partial charge < -0.3 is 4.74 Å². The highest BCUT2D eigenvalue weighted by Gasteiger charge is 2.16. The number of nitrogens with zero attached hydrogens (tertiary/aromatic N) is 3. The number of rotatable bonds is 3. The minimum absolute atomic E-state index is 0.0336. The molecule has 1 aliphatic rings. The highest BCUT2D eigenvalue weighted by atomic mass is 16.5. The summed E-state index contributed by atoms with van der Waals surface area (Å²) in [5.74, 6) is 0.738. The standard InChI is InChI=1S/C10H12N4O2/c1-16-9-4-2-8(3-5-9)11-13-14-7-6-10(15)12-14/h2-5H,6-7H2,1H3,(H,12,15). The summed E-state index contributed by atoms with van der Waals surface area (Å²) >= 11 is 0. The molecule has 0 aromatic heterocycles. The van der Waals surface area contributed by atoms with E-state index in [0.717, 1.165) is 5.75 Å². The Morgan fingerprint density at radius 2 is 2.12 bits per heavy atom. The summed E-state index contributed by atoms with van der Waals surface area (Å²) in [5, 5.41) is 9.29. The highest BCUT2D eigenvalue weighted by molar-refractivity contribution is 5.77. The largest absolute Gasteiger partial charge is 0.497 e. The molecule has 0 bridgehead atoms. The molecule has 2 rings (SSSR count). The third-order valence-electron chi connectivity index (χ3n) is 2.15. The topological polar surface area (TPSA) is 66.3 Å². The lowest BCUT2D eigenvalue weighted by molar-refractivity contribution is -0.121. The van der Waals surface area contributed by atoms with E-state index in [1.54, 1.807) is 31.4 Å². The predicted molar refractivity (Wildman–Crippen MR) is 57.0 cm³/mol. The number of amides is 1. The zero-order chi connectivity index (χ0) is 11.4. The Kier molecular flexibility index (Phi) is 3.00. The molecule has 6 nitrogen and oxygen atoms in total. The molecule has 0 atom stereocenters. The molecule has 0 radical (unpaired) electrons. The summed E-state index contributed by atoms with van der Waals surface area (Å²) in [4.78, 5) is 10.9. The van der Waals surface area contributed by atoms with Crippen molar-refractivity contribution in [3.05, 3.63) is 24.3 Å². The molecule has 6 heteroatoms. The first-order valence-corrected chi connectivity index (χ1v) is 4.90. The number of ether oxygens (including phenoxy) is 1. The van der Waals surface area contributed by atoms with Crippen molar-refractivity contribution in [1.82, 2.24) is 10.5 Å². The van der Waals surface area contributed by atoms with E-state index in [1.165, 1.54) is 5.12 Å². The van der Waals surface area contributed by atoms with Gasteiger partial charge >= 0.3 is 0 Å². The molecular formula is C10H12N4O2. The molecular weight excluding hydrogens is 208 g/mol. The van der Waals surface area contributed by atoms with Gasteiger partial charge in [0, 0.05) is 6.42 Å². The van der Waals surface area contributed by atoms with E-state index < -0.39 is 0 Å². The Balaban J connectivity index is 1.97. The molecule has 0 aliphatic carbocycles. The van der Waals surface area contributed by atoms with Crippen LogP contribution in [0.15, 0.2) is 34.6 Å². The Labute approximate surface area is 92.9 Å². The summed E-state index contributed by atoms with van der Waals surface area (Å²) < 4.78 is 5.02. The molecule has 1 amide bonds. The lowest BCUT2D eigenvalue weighted by Crippen LogP contribution is -2.27. The van der Waals surface area contributed by atoms with Crippen molar-refractivity contribution in [3.8, 4) is 5.75 Å². The fourth-order valence-corrected chi connectivity index (χ4v) is 1.28. The van der Waals surface area contributed by atoms with Crippen molar-refractivity contribution in [2.75, 3.05) is 13.7 Å². The molecule has 1 N–H and O–H groups in total. The van der Waals surface area contributed by atoms with Crippen LogP contribution in [-0.4, -0.2) is 24.7 Å². The summed E-state index contributed by atoms with van der Waals surface area (Å²) in [5.41, 5.74) is 3.27. The summed E-state index contributed by atoms with van der Waals surface area (Å²) in [6, 6.07) is 7.19. The van der Waals surface area contributed by atoms with Crippen LogP contribution in [0.25, 0.3) is 0 Å². The third-order valence-corrected chi connectivity index (χ3v) is 2.15. The van der Waals surface area contributed by atoms with Crippen molar-refractivity contribution in [1.29, 1.82) is 0 Å². The van der Waals surface area contributed by atoms with Gasteiger partial charge in [0.05, 0.1) is 19.3 Å². The van der Waals surface area contributed by atoms with Crippen molar-refractivity contribution in [2.45, 2.75) is 6.42 Å². The van der Waals surface area contributed by atoms with E-state index in [4.69, 9.17) is 4.74 Å². The van der Waals surface area contributed by atoms with Crippen molar-refractivity contribution in [2.24, 2.45) is 10.3 Å². The molecule has 0 saturated carbocycles. The molecule has 1 fully saturated rings. The second kappa shape index (κ2) is 4.61. The van der Waals surface area contributed by atoms with Crippen molar-refractivity contribution >= 4 is 11.6 Å². The zero-order valence-corrected chi connectivity index (χ0v) is 8.88. The quantitative estimate of drug-likeness (QED) is 0.783. The lowest BCUT2D eigenvalue weighted by Gasteiger charge is -2.06. The van der Waals surface area contributed by atoms with Crippen molar-refractivity contribution < 1.29 is 9.53 Å². The monoisotopic (exact) mass is 220 g/mol. The average molecular weight is 220 g/mol. The van der Waals surface area contributed by atoms with Crippen LogP contribution in [0.1, 0.15) is 6.42 Å². The number of benzene rings is 1. The maximum atomic E-state index is 10.9. The van der Waals surface area contributed by atoms with E-state index in [1.807, 2.05) is 0 Å². The molecule has 16 heavy (non-hydrogen) atoms. The minimum atomic E-state index is -0.0336. The van der Waals surface area contributed by atoms with E-state index in [2.05, 4.69) is 15.8 Å². The maximum absolute atomic E-state index is 10.9. The van der Waals surface area contributed by atoms with Gasteiger partial charge in [-0.2, -0.15) is 5.12 Å². The van der Waals surface area contributed by atoms with Gasteiger partial charge in [-0.3, -0.25) is 4.79 Å². The number of hydrazine groups is 1. The van der Waals surface area contributed by atoms with Crippen LogP contribution < -0.4 is 10.2 Å². The average Bonchev–Trinajstić information content (AvgIpc) is 2.73. The number of hydrogen-bond donors (Lipinski definition) is 1. The van der Waals surface area contributed by atoms with Gasteiger partial charge in [0.2, 0.25) is 5.91 Å². The first-order chi connectivity index (χ1) is 7.78. The molecule has 84 valence electrons. The Morgan fingerprint density at radius 3 is 2.69 bits per heavy atom. The Morgan fingerprint density at radius 1 is 1.38 bits per heavy atom. The molecule has 1 aliphatic heterocycles. The lowest BCUT2D eigenvalue weighted by atomic mass is 10.3. The number of carbonyl (C=O) groups is 1. The van der Waals surface area contributed by atoms with Crippen LogP contribution >= 0.6 is 0 Å². The summed E-state index contributed by atoms with van der Waals surface area (Å²) in [7, 11) is 1.61. The summed E-state index contributed by atoms with van der Waals surface area (Å²) in [6.45, 7) is 0.554. The number of hydrogen-bond acceptors (Lipinski definition) is 4. The predicted octanol–water partition coefficient (Wildman–Crippen LogP) is 1.43. The Bertz CT molecular complexity index is 402. The second-order valence-corrected chi connectivity index (χ2v) is 3.30. The second-order valence-electron chi connectivity index (χ2n) is 3.30. The molecule has 1 heterocycles. The Hall–Kier alpha value is -2.11. The molecule has 0 unspecified atom stereocenters. The van der Waals surface area contributed by atoms with Gasteiger partial charge in [0.15, 0.2) is 0 Å². The molecule has 1 aromatic rings. The molecule has 1 aromatic carbocycles. The first kappa shape index (κ1) is 10.4. The van der Waals surface area contributed by atoms with Crippen LogP contribution in [0.3, 0.4) is 0 Å². The normalized spacial score (nSPS) is 15.6. The van der Waals surface area contributed by atoms with Gasteiger partial charge in [0.1, 0.15) is 5.75 Å². The maximum Gasteiger partial charge on any atom is 0.241 e. The van der Waals surface area contributed by atoms with Gasteiger partial charge in [-0.15, -0.1) is 5.11 Å². The number of nitrogens with one attached hydrogen (secondary N) is 1. The zero-order valence-electron chi connectivity index (χ0n) is 8.88. The minimum Gasteiger partial charge on any atom is -0.497 e. The molecule has 1 saturated heterocycles. The van der Waals surface area contributed by atoms with E-state index >= 15 is 0 Å². The third kappa shape index (κ3) is 2.47. The fourth-order valence-electron chi connectivity index (χ4n) is 1.28. The van der Waals surface area contributed by atoms with Gasteiger partial charge in [0.25, 0.3) is 0 Å². The first-order valence-electron chi connectivity index (χ1n) is 4.90. The van der Waals surface area contributed by atoms with Crippen LogP contribution in [0.2, 0.25) is 0 Å². The van der Waals surface area contributed by atoms with Gasteiger partial charge in [-0.05, 0) is 24.3 Å². The van der Waals surface area contributed by atoms with E-state index in [9.17, 15) is 4.79 Å². The van der Waals surface area contributed by atoms with Gasteiger partial charge in [-0.1, -0.05) is 5.22 Å². The summed E-state index contributed by atoms with van der Waals surface area (Å²) in [6.07, 6.45) is 0.460. The van der Waals surface area contributed by atoms with E-state index in [-0.39, 0.29) is 5.91 Å². The molecule has 0 spiro atoms. The van der Waals surface area contributed by atoms with Crippen molar-refractivity contribution in [3.63, 3.8) is 0 Å². The SMILES string of the molecule is COc1ccc(N=NN2CCC(=O)N2)cc1. The van der Waals surface area contributed by atoms with Crippen LogP contribution in [-0.2, 0) is 4.79 Å².